The van der Waals surface area contributed by atoms with Crippen molar-refractivity contribution >= 4 is 42.0 Å². The highest BCUT2D eigenvalue weighted by Gasteiger charge is 2.42. The molecule has 1 unspecified atom stereocenters. The average Bonchev–Trinajstić information content (AvgIpc) is 3.67. The quantitative estimate of drug-likeness (QED) is 0.137. The molecule has 0 spiro atoms. The molecule has 1 fully saturated rings. The van der Waals surface area contributed by atoms with Crippen LogP contribution in [0.2, 0.25) is 0 Å². The number of H-pyrrole nitrogens is 2. The smallest absolute Gasteiger partial charge is 0.472 e. The Morgan fingerprint density at radius 2 is 1.65 bits per heavy atom. The van der Waals surface area contributed by atoms with Crippen molar-refractivity contribution < 1.29 is 33.1 Å². The second kappa shape index (κ2) is 9.81. The summed E-state index contributed by atoms with van der Waals surface area (Å²) in [5.41, 5.74) is 10.7. The predicted molar refractivity (Wildman–Crippen MR) is 134 cm³/mol. The zero-order valence-corrected chi connectivity index (χ0v) is 21.3. The molecule has 8 N–H and O–H groups in total. The Morgan fingerprint density at radius 3 is 2.25 bits per heavy atom. The molecule has 40 heavy (non-hydrogen) atoms. The number of rotatable bonds is 8. The lowest BCUT2D eigenvalue weighted by Crippen LogP contribution is -2.27. The third-order valence-electron chi connectivity index (χ3n) is 6.36. The summed E-state index contributed by atoms with van der Waals surface area (Å²) in [6.45, 7) is -0.938. The van der Waals surface area contributed by atoms with E-state index in [0.29, 0.717) is 6.42 Å². The van der Waals surface area contributed by atoms with Gasteiger partial charge in [0.1, 0.15) is 37.1 Å². The number of hydrogen-bond donors (Lipinski definition) is 6. The summed E-state index contributed by atoms with van der Waals surface area (Å²) in [7, 11) is -4.66. The summed E-state index contributed by atoms with van der Waals surface area (Å²) < 4.78 is 37.7. The van der Waals surface area contributed by atoms with E-state index in [0.717, 1.165) is 0 Å². The van der Waals surface area contributed by atoms with Crippen LogP contribution >= 0.6 is 7.82 Å². The van der Waals surface area contributed by atoms with Gasteiger partial charge in [0.25, 0.3) is 11.1 Å². The van der Waals surface area contributed by atoms with Gasteiger partial charge in [-0.05, 0) is 6.08 Å². The Bertz CT molecular complexity index is 1790. The van der Waals surface area contributed by atoms with Crippen LogP contribution in [0.15, 0.2) is 34.1 Å². The van der Waals surface area contributed by atoms with Crippen molar-refractivity contribution in [3.63, 3.8) is 0 Å². The molecule has 2 aliphatic heterocycles. The first-order chi connectivity index (χ1) is 19.1. The Kier molecular flexibility index (Phi) is 6.40. The summed E-state index contributed by atoms with van der Waals surface area (Å²) >= 11 is 0. The number of aromatic amines is 2. The molecular weight excluding hydrogens is 555 g/mol. The minimum absolute atomic E-state index is 0.00319. The maximum atomic E-state index is 12.8. The molecule has 19 nitrogen and oxygen atoms in total. The predicted octanol–water partition coefficient (Wildman–Crippen LogP) is -0.998. The fourth-order valence-electron chi connectivity index (χ4n) is 4.57. The van der Waals surface area contributed by atoms with Crippen LogP contribution in [0.4, 0.5) is 11.9 Å². The Labute approximate surface area is 222 Å². The molecule has 4 aromatic rings. The number of nitrogens with two attached hydrogens (primary N) is 2. The van der Waals surface area contributed by atoms with Crippen molar-refractivity contribution in [1.29, 1.82) is 0 Å². The van der Waals surface area contributed by atoms with Crippen LogP contribution in [0, 0.1) is 0 Å². The zero-order chi connectivity index (χ0) is 28.2. The molecule has 0 aromatic carbocycles. The van der Waals surface area contributed by atoms with E-state index in [1.807, 2.05) is 0 Å². The molecule has 0 aliphatic carbocycles. The largest absolute Gasteiger partial charge is 0.472 e. The van der Waals surface area contributed by atoms with E-state index in [1.165, 1.54) is 21.8 Å². The number of hydrogen-bond acceptors (Lipinski definition) is 14. The number of phosphoric ester groups is 1. The second-order valence-corrected chi connectivity index (χ2v) is 10.4. The lowest BCUT2D eigenvalue weighted by Gasteiger charge is -2.20. The van der Waals surface area contributed by atoms with E-state index in [2.05, 4.69) is 29.9 Å². The first-order valence-corrected chi connectivity index (χ1v) is 13.3. The number of phosphoric acid groups is 1. The SMILES string of the molecule is Nc1nc2c(ncn2[C@H]2CC=C(COP(=O)(O)O[C@H]3C[C@H](n4cnc5c(=O)[nH]c(N)nc54)O[C@@H]3CO)O2)c(=O)[nH]1. The van der Waals surface area contributed by atoms with Gasteiger partial charge in [0.2, 0.25) is 11.9 Å². The van der Waals surface area contributed by atoms with Gasteiger partial charge in [0.05, 0.1) is 12.9 Å². The normalized spacial score (nSPS) is 24.4. The van der Waals surface area contributed by atoms with E-state index in [-0.39, 0.29) is 46.4 Å². The standard InChI is InChI=1S/C20H23N10O9P/c21-19-25-15-13(17(32)27-19)23-6-29(15)11-2-1-8(37-11)5-36-40(34,35)39-9-3-12(38-10(9)4-31)30-7-24-14-16(30)26-20(22)28-18(14)33/h1,6-7,9-12,31H,2-5H2,(H,34,35)(H3,21,25,27,32)(H3,22,26,28,33)/t9-,10+,11+,12+/m0/s1. The van der Waals surface area contributed by atoms with E-state index in [4.69, 9.17) is 30.0 Å². The maximum absolute atomic E-state index is 12.8. The third-order valence-corrected chi connectivity index (χ3v) is 7.35. The first-order valence-electron chi connectivity index (χ1n) is 11.8. The van der Waals surface area contributed by atoms with Crippen molar-refractivity contribution in [2.45, 2.75) is 37.5 Å². The van der Waals surface area contributed by atoms with Crippen molar-refractivity contribution in [3.8, 4) is 0 Å². The number of nitrogens with zero attached hydrogens (tertiary/aromatic N) is 6. The van der Waals surface area contributed by atoms with E-state index in [1.54, 1.807) is 6.08 Å². The van der Waals surface area contributed by atoms with Gasteiger partial charge in [-0.15, -0.1) is 0 Å². The number of aliphatic hydroxyl groups excluding tert-OH is 1. The van der Waals surface area contributed by atoms with Gasteiger partial charge >= 0.3 is 7.82 Å². The van der Waals surface area contributed by atoms with Crippen LogP contribution in [0.3, 0.4) is 0 Å². The Morgan fingerprint density at radius 1 is 1.05 bits per heavy atom. The number of nitrogens with one attached hydrogen (secondary N) is 2. The zero-order valence-electron chi connectivity index (χ0n) is 20.4. The van der Waals surface area contributed by atoms with E-state index >= 15 is 0 Å². The highest BCUT2D eigenvalue weighted by molar-refractivity contribution is 7.47. The van der Waals surface area contributed by atoms with Gasteiger partial charge in [0.15, 0.2) is 28.6 Å². The van der Waals surface area contributed by atoms with Crippen LogP contribution in [-0.2, 0) is 23.1 Å². The summed E-state index contributed by atoms with van der Waals surface area (Å²) in [4.78, 5) is 55.4. The number of aromatic nitrogens is 8. The fourth-order valence-corrected chi connectivity index (χ4v) is 5.48. The minimum atomic E-state index is -4.66. The third kappa shape index (κ3) is 4.74. The summed E-state index contributed by atoms with van der Waals surface area (Å²) in [6.07, 6.45) is 1.15. The topological polar surface area (TPSA) is 274 Å². The van der Waals surface area contributed by atoms with Gasteiger partial charge < -0.3 is 30.9 Å². The van der Waals surface area contributed by atoms with E-state index in [9.17, 15) is 24.2 Å². The second-order valence-electron chi connectivity index (χ2n) is 8.96. The molecule has 0 saturated carbocycles. The van der Waals surface area contributed by atoms with Gasteiger partial charge in [-0.25, -0.2) is 14.5 Å². The minimum Gasteiger partial charge on any atom is -0.472 e. The van der Waals surface area contributed by atoms with Gasteiger partial charge in [-0.1, -0.05) is 0 Å². The number of fused-ring (bicyclic) bond motifs is 2. The monoisotopic (exact) mass is 578 g/mol. The molecule has 0 amide bonds. The number of nitrogen functional groups attached to an aromatic ring is 2. The number of ether oxygens (including phenoxy) is 2. The lowest BCUT2D eigenvalue weighted by atomic mass is 10.2. The number of aliphatic hydroxyl groups is 1. The van der Waals surface area contributed by atoms with Crippen LogP contribution in [0.1, 0.15) is 25.3 Å². The maximum Gasteiger partial charge on any atom is 0.472 e. The van der Waals surface area contributed by atoms with Crippen molar-refractivity contribution in [3.05, 3.63) is 45.2 Å². The highest BCUT2D eigenvalue weighted by atomic mass is 31.2. The van der Waals surface area contributed by atoms with Gasteiger partial charge in [-0.3, -0.25) is 37.7 Å². The fraction of sp³-hybridized carbons (Fsp3) is 0.400. The highest BCUT2D eigenvalue weighted by Crippen LogP contribution is 2.49. The molecule has 212 valence electrons. The summed E-state index contributed by atoms with van der Waals surface area (Å²) in [6, 6.07) is 0. The Balaban J connectivity index is 1.09. The Hall–Kier alpha value is -4.13. The summed E-state index contributed by atoms with van der Waals surface area (Å²) in [5, 5.41) is 9.78. The summed E-state index contributed by atoms with van der Waals surface area (Å²) in [5.74, 6) is 0.0280. The molecule has 2 aliphatic rings. The van der Waals surface area contributed by atoms with Crippen LogP contribution in [0.5, 0.6) is 0 Å². The molecule has 5 atom stereocenters. The van der Waals surface area contributed by atoms with Gasteiger partial charge in [0, 0.05) is 12.8 Å². The molecular formula is C20H23N10O9P. The van der Waals surface area contributed by atoms with Gasteiger partial charge in [-0.2, -0.15) is 9.97 Å². The first kappa shape index (κ1) is 26.1. The van der Waals surface area contributed by atoms with Crippen LogP contribution in [0.25, 0.3) is 22.3 Å². The average molecular weight is 578 g/mol. The van der Waals surface area contributed by atoms with E-state index < -0.39 is 56.8 Å². The van der Waals surface area contributed by atoms with Crippen molar-refractivity contribution in [2.75, 3.05) is 24.7 Å². The molecule has 20 heteroatoms. The van der Waals surface area contributed by atoms with Crippen molar-refractivity contribution in [1.82, 2.24) is 39.0 Å². The molecule has 0 radical (unpaired) electrons. The molecule has 4 aromatic heterocycles. The van der Waals surface area contributed by atoms with Crippen molar-refractivity contribution in [2.24, 2.45) is 0 Å². The number of anilines is 2. The molecule has 6 rings (SSSR count). The van der Waals surface area contributed by atoms with Crippen LogP contribution < -0.4 is 22.6 Å². The molecule has 1 saturated heterocycles. The van der Waals surface area contributed by atoms with Crippen LogP contribution in [-0.4, -0.2) is 74.5 Å². The number of imidazole rings is 2. The molecule has 6 heterocycles. The lowest BCUT2D eigenvalue weighted by molar-refractivity contribution is -0.0440. The molecule has 0 bridgehead atoms.